The van der Waals surface area contributed by atoms with Crippen LogP contribution in [0.15, 0.2) is 66.7 Å². The number of benzene rings is 3. The van der Waals surface area contributed by atoms with E-state index in [1.165, 1.54) is 24.3 Å². The van der Waals surface area contributed by atoms with Crippen molar-refractivity contribution < 1.29 is 18.7 Å². The van der Waals surface area contributed by atoms with Crippen molar-refractivity contribution in [1.82, 2.24) is 4.90 Å². The first-order valence-electron chi connectivity index (χ1n) is 10.8. The first-order valence-corrected chi connectivity index (χ1v) is 10.8. The third-order valence-corrected chi connectivity index (χ3v) is 6.87. The minimum absolute atomic E-state index is 0.0102. The number of hydrogen-bond acceptors (Lipinski definition) is 3. The fourth-order valence-electron chi connectivity index (χ4n) is 5.32. The highest BCUT2D eigenvalue weighted by Crippen LogP contribution is 2.49. The van der Waals surface area contributed by atoms with Gasteiger partial charge in [0, 0.05) is 25.2 Å². The summed E-state index contributed by atoms with van der Waals surface area (Å²) >= 11 is 0. The van der Waals surface area contributed by atoms with Gasteiger partial charge >= 0.3 is 0 Å². The highest BCUT2D eigenvalue weighted by atomic mass is 19.1. The molecule has 0 saturated carbocycles. The molecule has 164 valence electrons. The van der Waals surface area contributed by atoms with Crippen LogP contribution in [-0.2, 0) is 0 Å². The van der Waals surface area contributed by atoms with Crippen LogP contribution in [0, 0.1) is 17.6 Å². The molecule has 1 N–H and O–H groups in total. The third kappa shape index (κ3) is 3.26. The van der Waals surface area contributed by atoms with E-state index in [2.05, 4.69) is 4.90 Å². The van der Waals surface area contributed by atoms with Gasteiger partial charge in [0.15, 0.2) is 0 Å². The maximum atomic E-state index is 14.4. The number of hydrogen-bond donors (Lipinski definition) is 1. The second-order valence-electron chi connectivity index (χ2n) is 8.52. The number of carbonyl (C=O) groups is 1. The Balaban J connectivity index is 1.62. The second kappa shape index (κ2) is 8.02. The number of aliphatic hydroxyl groups excluding tert-OH is 1. The van der Waals surface area contributed by atoms with Gasteiger partial charge < -0.3 is 14.9 Å². The van der Waals surface area contributed by atoms with Crippen LogP contribution in [0.1, 0.15) is 28.4 Å². The summed E-state index contributed by atoms with van der Waals surface area (Å²) < 4.78 is 28.2. The molecule has 1 saturated heterocycles. The molecule has 3 aromatic rings. The Morgan fingerprint density at radius 3 is 2.56 bits per heavy atom. The molecule has 32 heavy (non-hydrogen) atoms. The van der Waals surface area contributed by atoms with Crippen molar-refractivity contribution in [2.75, 3.05) is 25.1 Å². The molecule has 6 heteroatoms. The van der Waals surface area contributed by atoms with E-state index in [1.54, 1.807) is 23.1 Å². The van der Waals surface area contributed by atoms with Crippen LogP contribution in [0.5, 0.6) is 0 Å². The Labute approximate surface area is 185 Å². The second-order valence-corrected chi connectivity index (χ2v) is 8.52. The number of likely N-dealkylation sites (N-methyl/N-ethyl adjacent to an activating group) is 1. The number of likely N-dealkylation sites (tertiary alicyclic amines) is 1. The number of anilines is 1. The monoisotopic (exact) mass is 434 g/mol. The number of aliphatic hydroxyl groups is 1. The van der Waals surface area contributed by atoms with Crippen molar-refractivity contribution in [3.8, 4) is 11.1 Å². The summed E-state index contributed by atoms with van der Waals surface area (Å²) in [7, 11) is 1.94. The standard InChI is InChI=1S/C26H24F2N2O2/c1-29-23-10-9-17(16-5-4-6-18(27)13-16)14-21(23)25-20(24(29)15-31)11-12-30(25)26(32)19-7-2-3-8-22(19)28/h2-10,13-14,20,24-25,31H,11-12,15H2,1H3/t20-,24+,25-/m1/s1. The molecule has 4 nitrogen and oxygen atoms in total. The van der Waals surface area contributed by atoms with E-state index >= 15 is 0 Å². The number of amides is 1. The van der Waals surface area contributed by atoms with Crippen LogP contribution in [0.3, 0.4) is 0 Å². The molecule has 0 aliphatic carbocycles. The van der Waals surface area contributed by atoms with Crippen molar-refractivity contribution in [1.29, 1.82) is 0 Å². The molecule has 2 heterocycles. The zero-order valence-electron chi connectivity index (χ0n) is 17.7. The molecule has 1 fully saturated rings. The predicted octanol–water partition coefficient (Wildman–Crippen LogP) is 4.65. The van der Waals surface area contributed by atoms with Gasteiger partial charge in [-0.3, -0.25) is 4.79 Å². The highest BCUT2D eigenvalue weighted by Gasteiger charge is 2.48. The van der Waals surface area contributed by atoms with Crippen LogP contribution in [0.25, 0.3) is 11.1 Å². The van der Waals surface area contributed by atoms with Crippen molar-refractivity contribution in [2.45, 2.75) is 18.5 Å². The third-order valence-electron chi connectivity index (χ3n) is 6.87. The molecule has 5 rings (SSSR count). The quantitative estimate of drug-likeness (QED) is 0.653. The lowest BCUT2D eigenvalue weighted by molar-refractivity contribution is 0.0689. The van der Waals surface area contributed by atoms with Crippen molar-refractivity contribution in [2.24, 2.45) is 5.92 Å². The normalized spacial score (nSPS) is 21.9. The molecule has 0 bridgehead atoms. The molecule has 0 aromatic heterocycles. The van der Waals surface area contributed by atoms with E-state index in [9.17, 15) is 18.7 Å². The van der Waals surface area contributed by atoms with Gasteiger partial charge in [-0.1, -0.05) is 30.3 Å². The van der Waals surface area contributed by atoms with E-state index < -0.39 is 5.82 Å². The zero-order valence-corrected chi connectivity index (χ0v) is 17.7. The van der Waals surface area contributed by atoms with E-state index in [0.717, 1.165) is 22.4 Å². The van der Waals surface area contributed by atoms with Crippen molar-refractivity contribution >= 4 is 11.6 Å². The lowest BCUT2D eigenvalue weighted by Crippen LogP contribution is -2.48. The molecule has 2 aliphatic heterocycles. The average molecular weight is 434 g/mol. The van der Waals surface area contributed by atoms with Crippen LogP contribution in [-0.4, -0.2) is 42.2 Å². The molecular weight excluding hydrogens is 410 g/mol. The van der Waals surface area contributed by atoms with Crippen molar-refractivity contribution in [3.63, 3.8) is 0 Å². The van der Waals surface area contributed by atoms with Gasteiger partial charge in [-0.15, -0.1) is 0 Å². The number of nitrogens with zero attached hydrogens (tertiary/aromatic N) is 2. The Hall–Kier alpha value is -3.25. The molecule has 0 radical (unpaired) electrons. The summed E-state index contributed by atoms with van der Waals surface area (Å²) in [4.78, 5) is 17.2. The Kier molecular flexibility index (Phi) is 5.18. The number of fused-ring (bicyclic) bond motifs is 3. The van der Waals surface area contributed by atoms with Crippen molar-refractivity contribution in [3.05, 3.63) is 89.5 Å². The lowest BCUT2D eigenvalue weighted by atomic mass is 9.81. The van der Waals surface area contributed by atoms with Crippen LogP contribution < -0.4 is 4.90 Å². The van der Waals surface area contributed by atoms with Gasteiger partial charge in [0.1, 0.15) is 11.6 Å². The smallest absolute Gasteiger partial charge is 0.257 e. The maximum Gasteiger partial charge on any atom is 0.257 e. The van der Waals surface area contributed by atoms with Crippen LogP contribution >= 0.6 is 0 Å². The average Bonchev–Trinajstić information content (AvgIpc) is 3.24. The van der Waals surface area contributed by atoms with Gasteiger partial charge in [0.25, 0.3) is 5.91 Å². The van der Waals surface area contributed by atoms with Crippen LogP contribution in [0.4, 0.5) is 14.5 Å². The lowest BCUT2D eigenvalue weighted by Gasteiger charge is -2.44. The summed E-state index contributed by atoms with van der Waals surface area (Å²) in [5, 5.41) is 10.1. The topological polar surface area (TPSA) is 43.8 Å². The SMILES string of the molecule is CN1c2ccc(-c3cccc(F)c3)cc2[C@H]2[C@H](CCN2C(=O)c2ccccc2F)[C@@H]1CO. The fraction of sp³-hybridized carbons (Fsp3) is 0.269. The molecule has 0 spiro atoms. The maximum absolute atomic E-state index is 14.4. The minimum atomic E-state index is -0.540. The number of rotatable bonds is 3. The summed E-state index contributed by atoms with van der Waals surface area (Å²) in [6.07, 6.45) is 0.712. The highest BCUT2D eigenvalue weighted by molar-refractivity contribution is 5.95. The first kappa shape index (κ1) is 20.6. The summed E-state index contributed by atoms with van der Waals surface area (Å²) in [5.41, 5.74) is 3.50. The summed E-state index contributed by atoms with van der Waals surface area (Å²) in [6.45, 7) is 0.445. The molecular formula is C26H24F2N2O2. The summed E-state index contributed by atoms with van der Waals surface area (Å²) in [5.74, 6) is -1.19. The Morgan fingerprint density at radius 2 is 1.81 bits per heavy atom. The Bertz CT molecular complexity index is 1180. The van der Waals surface area contributed by atoms with Gasteiger partial charge in [-0.25, -0.2) is 8.78 Å². The molecule has 0 unspecified atom stereocenters. The fourth-order valence-corrected chi connectivity index (χ4v) is 5.32. The molecule has 3 aromatic carbocycles. The van der Waals surface area contributed by atoms with Gasteiger partial charge in [-0.2, -0.15) is 0 Å². The minimum Gasteiger partial charge on any atom is -0.394 e. The van der Waals surface area contributed by atoms with E-state index in [-0.39, 0.29) is 41.9 Å². The molecule has 2 aliphatic rings. The van der Waals surface area contributed by atoms with Gasteiger partial charge in [-0.05, 0) is 59.5 Å². The van der Waals surface area contributed by atoms with Gasteiger partial charge in [0.05, 0.1) is 24.3 Å². The number of carbonyl (C=O) groups excluding carboxylic acids is 1. The van der Waals surface area contributed by atoms with E-state index in [4.69, 9.17) is 0 Å². The van der Waals surface area contributed by atoms with E-state index in [1.807, 2.05) is 31.3 Å². The zero-order chi connectivity index (χ0) is 22.4. The largest absolute Gasteiger partial charge is 0.394 e. The molecule has 3 atom stereocenters. The summed E-state index contributed by atoms with van der Waals surface area (Å²) in [6, 6.07) is 17.9. The first-order chi connectivity index (χ1) is 15.5. The van der Waals surface area contributed by atoms with Crippen LogP contribution in [0.2, 0.25) is 0 Å². The number of halogens is 2. The van der Waals surface area contributed by atoms with Gasteiger partial charge in [0.2, 0.25) is 0 Å². The Morgan fingerprint density at radius 1 is 1.03 bits per heavy atom. The predicted molar refractivity (Wildman–Crippen MR) is 119 cm³/mol. The van der Waals surface area contributed by atoms with E-state index in [0.29, 0.717) is 13.0 Å². The molecule has 1 amide bonds.